The molecule has 0 bridgehead atoms. The molecule has 9 aromatic carbocycles. The van der Waals surface area contributed by atoms with Gasteiger partial charge < -0.3 is 9.47 Å². The smallest absolute Gasteiger partial charge is 0.0547 e. The number of hydrogen-bond acceptors (Lipinski definition) is 1. The summed E-state index contributed by atoms with van der Waals surface area (Å²) in [6, 6.07) is 71.4. The predicted octanol–water partition coefficient (Wildman–Crippen LogP) is 14.5. The van der Waals surface area contributed by atoms with Gasteiger partial charge in [0.05, 0.1) is 16.7 Å². The quantitative estimate of drug-likeness (QED) is 0.162. The van der Waals surface area contributed by atoms with Crippen molar-refractivity contribution in [2.24, 2.45) is 0 Å². The van der Waals surface area contributed by atoms with Crippen LogP contribution in [0, 0.1) is 0 Å². The Morgan fingerprint density at radius 2 is 1.05 bits per heavy atom. The molecule has 0 spiro atoms. The predicted molar refractivity (Wildman–Crippen MR) is 233 cm³/mol. The Morgan fingerprint density at radius 3 is 1.91 bits per heavy atom. The van der Waals surface area contributed by atoms with E-state index in [-0.39, 0.29) is 5.41 Å². The summed E-state index contributed by atoms with van der Waals surface area (Å²) in [5.41, 5.74) is 14.7. The molecule has 0 amide bonds. The summed E-state index contributed by atoms with van der Waals surface area (Å²) in [5.74, 6) is 0. The van der Waals surface area contributed by atoms with Gasteiger partial charge in [-0.3, -0.25) is 0 Å². The monoisotopic (exact) mass is 702 g/mol. The Morgan fingerprint density at radius 1 is 0.436 bits per heavy atom. The molecule has 1 aromatic heterocycles. The lowest BCUT2D eigenvalue weighted by molar-refractivity contribution is 0.660. The van der Waals surface area contributed by atoms with Crippen LogP contribution in [-0.4, -0.2) is 4.57 Å². The zero-order valence-corrected chi connectivity index (χ0v) is 30.9. The Balaban J connectivity index is 1.12. The van der Waals surface area contributed by atoms with E-state index in [1.54, 1.807) is 0 Å². The SMILES string of the molecule is CC1(C)c2ccccc2-c2c(N(c3ccc(-c4cccc5c4c4ccccc4n5-c4ccccc4)cc3)c3ccc4ccc5ccccc5c4c3)cccc21. The minimum Gasteiger partial charge on any atom is -0.310 e. The molecule has 10 aromatic rings. The molecule has 1 aliphatic carbocycles. The molecule has 2 heteroatoms. The lowest BCUT2D eigenvalue weighted by Gasteiger charge is -2.29. The van der Waals surface area contributed by atoms with E-state index in [0.29, 0.717) is 0 Å². The molecule has 1 aliphatic rings. The fourth-order valence-corrected chi connectivity index (χ4v) is 9.38. The maximum Gasteiger partial charge on any atom is 0.0547 e. The molecule has 55 heavy (non-hydrogen) atoms. The van der Waals surface area contributed by atoms with Crippen molar-refractivity contribution in [2.75, 3.05) is 4.90 Å². The Kier molecular flexibility index (Phi) is 6.93. The summed E-state index contributed by atoms with van der Waals surface area (Å²) < 4.78 is 2.39. The average molecular weight is 703 g/mol. The Labute approximate surface area is 321 Å². The van der Waals surface area contributed by atoms with Crippen LogP contribution in [0.1, 0.15) is 25.0 Å². The fraction of sp³-hybridized carbons (Fsp3) is 0.0566. The maximum absolute atomic E-state index is 2.48. The van der Waals surface area contributed by atoms with Gasteiger partial charge in [-0.1, -0.05) is 153 Å². The summed E-state index contributed by atoms with van der Waals surface area (Å²) in [6.45, 7) is 4.72. The van der Waals surface area contributed by atoms with Crippen molar-refractivity contribution in [3.05, 3.63) is 205 Å². The van der Waals surface area contributed by atoms with Crippen molar-refractivity contribution in [1.29, 1.82) is 0 Å². The second-order valence-electron chi connectivity index (χ2n) is 15.3. The number of benzene rings is 9. The third-order valence-electron chi connectivity index (χ3n) is 12.0. The van der Waals surface area contributed by atoms with Crippen LogP contribution in [0.4, 0.5) is 17.1 Å². The van der Waals surface area contributed by atoms with Crippen LogP contribution in [0.3, 0.4) is 0 Å². The van der Waals surface area contributed by atoms with Gasteiger partial charge >= 0.3 is 0 Å². The van der Waals surface area contributed by atoms with Crippen LogP contribution >= 0.6 is 0 Å². The first-order valence-corrected chi connectivity index (χ1v) is 19.2. The molecule has 0 N–H and O–H groups in total. The van der Waals surface area contributed by atoms with Gasteiger partial charge in [-0.15, -0.1) is 0 Å². The number of hydrogen-bond donors (Lipinski definition) is 0. The highest BCUT2D eigenvalue weighted by molar-refractivity contribution is 6.16. The van der Waals surface area contributed by atoms with Gasteiger partial charge in [0.25, 0.3) is 0 Å². The molecule has 1 heterocycles. The molecule has 0 radical (unpaired) electrons. The van der Waals surface area contributed by atoms with Crippen LogP contribution in [0.15, 0.2) is 194 Å². The van der Waals surface area contributed by atoms with E-state index in [9.17, 15) is 0 Å². The van der Waals surface area contributed by atoms with E-state index in [2.05, 4.69) is 217 Å². The number of nitrogens with zero attached hydrogens (tertiary/aromatic N) is 2. The highest BCUT2D eigenvalue weighted by Gasteiger charge is 2.37. The van der Waals surface area contributed by atoms with Crippen molar-refractivity contribution in [1.82, 2.24) is 4.57 Å². The van der Waals surface area contributed by atoms with Gasteiger partial charge in [-0.05, 0) is 104 Å². The third-order valence-corrected chi connectivity index (χ3v) is 12.0. The number of rotatable bonds is 5. The molecule has 11 rings (SSSR count). The van der Waals surface area contributed by atoms with E-state index in [0.717, 1.165) is 11.4 Å². The molecule has 2 nitrogen and oxygen atoms in total. The second kappa shape index (κ2) is 12.1. The van der Waals surface area contributed by atoms with Crippen molar-refractivity contribution in [2.45, 2.75) is 19.3 Å². The van der Waals surface area contributed by atoms with Crippen LogP contribution in [0.2, 0.25) is 0 Å². The first kappa shape index (κ1) is 31.6. The Bertz CT molecular complexity index is 3110. The lowest BCUT2D eigenvalue weighted by Crippen LogP contribution is -2.16. The normalized spacial score (nSPS) is 13.1. The first-order chi connectivity index (χ1) is 27.1. The van der Waals surface area contributed by atoms with E-state index in [1.807, 2.05) is 0 Å². The van der Waals surface area contributed by atoms with Crippen molar-refractivity contribution < 1.29 is 0 Å². The highest BCUT2D eigenvalue weighted by Crippen LogP contribution is 2.54. The van der Waals surface area contributed by atoms with Gasteiger partial charge in [-0.2, -0.15) is 0 Å². The topological polar surface area (TPSA) is 8.17 Å². The van der Waals surface area contributed by atoms with Crippen LogP contribution in [-0.2, 0) is 5.41 Å². The molecule has 260 valence electrons. The third kappa shape index (κ3) is 4.74. The van der Waals surface area contributed by atoms with Gasteiger partial charge in [0.15, 0.2) is 0 Å². The van der Waals surface area contributed by atoms with Crippen LogP contribution < -0.4 is 4.90 Å². The Hall–Kier alpha value is -6.90. The van der Waals surface area contributed by atoms with Crippen LogP contribution in [0.25, 0.3) is 71.3 Å². The number of fused-ring (bicyclic) bond motifs is 9. The maximum atomic E-state index is 2.48. The largest absolute Gasteiger partial charge is 0.310 e. The van der Waals surface area contributed by atoms with E-state index >= 15 is 0 Å². The zero-order chi connectivity index (χ0) is 36.7. The number of anilines is 3. The molecule has 0 atom stereocenters. The highest BCUT2D eigenvalue weighted by atomic mass is 15.1. The minimum absolute atomic E-state index is 0.103. The summed E-state index contributed by atoms with van der Waals surface area (Å²) in [5, 5.41) is 7.55. The fourth-order valence-electron chi connectivity index (χ4n) is 9.38. The summed E-state index contributed by atoms with van der Waals surface area (Å²) in [4.78, 5) is 2.48. The second-order valence-corrected chi connectivity index (χ2v) is 15.3. The first-order valence-electron chi connectivity index (χ1n) is 19.2. The molecule has 0 saturated carbocycles. The summed E-state index contributed by atoms with van der Waals surface area (Å²) >= 11 is 0. The van der Waals surface area contributed by atoms with Crippen molar-refractivity contribution in [3.63, 3.8) is 0 Å². The molecule has 0 unspecified atom stereocenters. The summed E-state index contributed by atoms with van der Waals surface area (Å²) in [6.07, 6.45) is 0. The standard InChI is InChI=1S/C53H38N2/c1-53(2)46-21-10-8-18-43(46)52-47(53)22-13-25-50(52)54(40-33-30-37-27-26-35-14-6-7-17-41(35)45(37)34-40)39-31-28-36(29-32-39)42-20-12-24-49-51(42)44-19-9-11-23-48(44)55(49)38-15-4-3-5-16-38/h3-34H,1-2H3. The van der Waals surface area contributed by atoms with Crippen molar-refractivity contribution >= 4 is 60.4 Å². The van der Waals surface area contributed by atoms with E-state index in [1.165, 1.54) is 88.1 Å². The lowest BCUT2D eigenvalue weighted by atomic mass is 9.82. The van der Waals surface area contributed by atoms with Gasteiger partial charge in [-0.25, -0.2) is 0 Å². The van der Waals surface area contributed by atoms with Gasteiger partial charge in [0, 0.05) is 38.8 Å². The molecular weight excluding hydrogens is 665 g/mol. The summed E-state index contributed by atoms with van der Waals surface area (Å²) in [7, 11) is 0. The van der Waals surface area contributed by atoms with Crippen molar-refractivity contribution in [3.8, 4) is 27.9 Å². The number of aromatic nitrogens is 1. The average Bonchev–Trinajstić information content (AvgIpc) is 3.70. The van der Waals surface area contributed by atoms with Gasteiger partial charge in [0.2, 0.25) is 0 Å². The minimum atomic E-state index is -0.103. The molecule has 0 aliphatic heterocycles. The molecular formula is C53H38N2. The molecule has 0 saturated heterocycles. The zero-order valence-electron chi connectivity index (χ0n) is 30.9. The molecule has 0 fully saturated rings. The van der Waals surface area contributed by atoms with Gasteiger partial charge in [0.1, 0.15) is 0 Å². The number of para-hydroxylation sites is 2. The van der Waals surface area contributed by atoms with Crippen LogP contribution in [0.5, 0.6) is 0 Å². The van der Waals surface area contributed by atoms with E-state index in [4.69, 9.17) is 0 Å². The van der Waals surface area contributed by atoms with E-state index < -0.39 is 0 Å².